The Labute approximate surface area is 174 Å². The molecule has 0 amide bonds. The maximum atomic E-state index is 12.3. The van der Waals surface area contributed by atoms with Crippen LogP contribution in [-0.4, -0.2) is 18.5 Å². The van der Waals surface area contributed by atoms with Crippen LogP contribution in [0.4, 0.5) is 0 Å². The number of para-hydroxylation sites is 1. The molecule has 0 radical (unpaired) electrons. The second-order valence-corrected chi connectivity index (χ2v) is 7.25. The van der Waals surface area contributed by atoms with E-state index in [1.807, 2.05) is 24.3 Å². The second-order valence-electron chi connectivity index (χ2n) is 6.41. The zero-order valence-corrected chi connectivity index (χ0v) is 17.1. The number of benzene rings is 2. The van der Waals surface area contributed by atoms with Gasteiger partial charge in [-0.3, -0.25) is 0 Å². The van der Waals surface area contributed by atoms with Crippen molar-refractivity contribution in [1.82, 2.24) is 0 Å². The Morgan fingerprint density at radius 2 is 1.93 bits per heavy atom. The number of rotatable bonds is 8. The van der Waals surface area contributed by atoms with E-state index in [-0.39, 0.29) is 11.6 Å². The number of carbonyl (C=O) groups excluding carboxylic acids is 1. The average molecular weight is 418 g/mol. The minimum absolute atomic E-state index is 0.163. The number of esters is 1. The fourth-order valence-electron chi connectivity index (χ4n) is 2.78. The van der Waals surface area contributed by atoms with Crippen LogP contribution in [0, 0.1) is 0 Å². The maximum absolute atomic E-state index is 12.3. The third-order valence-electron chi connectivity index (χ3n) is 4.25. The topological polar surface area (TPSA) is 47.9 Å². The van der Waals surface area contributed by atoms with Gasteiger partial charge in [-0.2, -0.15) is 0 Å². The Kier molecular flexibility index (Phi) is 7.12. The summed E-state index contributed by atoms with van der Waals surface area (Å²) in [5.74, 6) is 0.349. The number of halogens is 2. The van der Waals surface area contributed by atoms with Crippen LogP contribution in [0.1, 0.15) is 43.7 Å². The highest BCUT2D eigenvalue weighted by Gasteiger charge is 2.26. The summed E-state index contributed by atoms with van der Waals surface area (Å²) in [5, 5.41) is 0.871. The van der Waals surface area contributed by atoms with Gasteiger partial charge in [-0.25, -0.2) is 9.79 Å². The van der Waals surface area contributed by atoms with Crippen molar-refractivity contribution in [2.45, 2.75) is 32.6 Å². The lowest BCUT2D eigenvalue weighted by Gasteiger charge is -2.09. The van der Waals surface area contributed by atoms with Crippen molar-refractivity contribution in [2.75, 3.05) is 6.61 Å². The molecular formula is C22H21Cl2NO3. The lowest BCUT2D eigenvalue weighted by molar-refractivity contribution is -0.129. The first kappa shape index (κ1) is 20.4. The summed E-state index contributed by atoms with van der Waals surface area (Å²) in [4.78, 5) is 16.6. The number of ether oxygens (including phenoxy) is 2. The highest BCUT2D eigenvalue weighted by atomic mass is 35.5. The van der Waals surface area contributed by atoms with Gasteiger partial charge >= 0.3 is 5.97 Å². The van der Waals surface area contributed by atoms with Crippen LogP contribution in [0.15, 0.2) is 53.2 Å². The van der Waals surface area contributed by atoms with Gasteiger partial charge in [-0.1, -0.05) is 67.6 Å². The standard InChI is InChI=1S/C22H21Cl2NO3/c1-2-3-4-7-12-27-20-9-6-5-8-15(20)13-19-22(26)28-21(25-19)17-11-10-16(23)14-18(17)24/h5-6,8-11,13-14H,2-4,7,12H2,1H3/b19-13+. The lowest BCUT2D eigenvalue weighted by atomic mass is 10.1. The summed E-state index contributed by atoms with van der Waals surface area (Å²) in [7, 11) is 0. The number of nitrogens with zero attached hydrogens (tertiary/aromatic N) is 1. The third-order valence-corrected chi connectivity index (χ3v) is 4.80. The van der Waals surface area contributed by atoms with E-state index in [2.05, 4.69) is 11.9 Å². The van der Waals surface area contributed by atoms with Gasteiger partial charge in [0.25, 0.3) is 0 Å². The van der Waals surface area contributed by atoms with Crippen LogP contribution in [-0.2, 0) is 9.53 Å². The van der Waals surface area contributed by atoms with Gasteiger partial charge in [0.15, 0.2) is 5.70 Å². The molecule has 0 unspecified atom stereocenters. The molecular weight excluding hydrogens is 397 g/mol. The van der Waals surface area contributed by atoms with Crippen LogP contribution in [0.3, 0.4) is 0 Å². The fraction of sp³-hybridized carbons (Fsp3) is 0.273. The van der Waals surface area contributed by atoms with Crippen molar-refractivity contribution >= 4 is 41.1 Å². The molecule has 0 aromatic heterocycles. The first-order valence-corrected chi connectivity index (χ1v) is 10.0. The van der Waals surface area contributed by atoms with Crippen LogP contribution in [0.2, 0.25) is 10.0 Å². The van der Waals surface area contributed by atoms with Crippen molar-refractivity contribution in [1.29, 1.82) is 0 Å². The molecule has 0 saturated heterocycles. The Hall–Kier alpha value is -2.30. The molecule has 0 saturated carbocycles. The van der Waals surface area contributed by atoms with E-state index >= 15 is 0 Å². The van der Waals surface area contributed by atoms with E-state index in [1.165, 1.54) is 12.8 Å². The number of hydrogen-bond acceptors (Lipinski definition) is 4. The maximum Gasteiger partial charge on any atom is 0.363 e. The van der Waals surface area contributed by atoms with Crippen LogP contribution in [0.25, 0.3) is 6.08 Å². The molecule has 6 heteroatoms. The van der Waals surface area contributed by atoms with Gasteiger partial charge in [0.05, 0.1) is 17.2 Å². The van der Waals surface area contributed by atoms with Crippen molar-refractivity contribution in [3.8, 4) is 5.75 Å². The fourth-order valence-corrected chi connectivity index (χ4v) is 3.27. The summed E-state index contributed by atoms with van der Waals surface area (Å²) in [6.07, 6.45) is 6.19. The largest absolute Gasteiger partial charge is 0.493 e. The predicted molar refractivity (Wildman–Crippen MR) is 113 cm³/mol. The van der Waals surface area contributed by atoms with Gasteiger partial charge in [0, 0.05) is 10.6 Å². The molecule has 1 aliphatic rings. The van der Waals surface area contributed by atoms with E-state index in [0.29, 0.717) is 28.0 Å². The number of hydrogen-bond donors (Lipinski definition) is 0. The molecule has 0 N–H and O–H groups in total. The Morgan fingerprint density at radius 3 is 2.71 bits per heavy atom. The lowest BCUT2D eigenvalue weighted by Crippen LogP contribution is -2.06. The molecule has 0 bridgehead atoms. The molecule has 2 aromatic carbocycles. The molecule has 4 nitrogen and oxygen atoms in total. The minimum atomic E-state index is -0.529. The van der Waals surface area contributed by atoms with E-state index < -0.39 is 5.97 Å². The molecule has 0 spiro atoms. The Bertz CT molecular complexity index is 922. The highest BCUT2D eigenvalue weighted by Crippen LogP contribution is 2.28. The zero-order chi connectivity index (χ0) is 19.9. The highest BCUT2D eigenvalue weighted by molar-refractivity contribution is 6.37. The van der Waals surface area contributed by atoms with Gasteiger partial charge in [-0.05, 0) is 36.8 Å². The van der Waals surface area contributed by atoms with E-state index in [0.717, 1.165) is 18.4 Å². The van der Waals surface area contributed by atoms with E-state index in [9.17, 15) is 4.79 Å². The number of unbranched alkanes of at least 4 members (excludes halogenated alkanes) is 3. The average Bonchev–Trinajstić information content (AvgIpc) is 3.03. The first-order valence-electron chi connectivity index (χ1n) is 9.28. The van der Waals surface area contributed by atoms with Crippen molar-refractivity contribution in [2.24, 2.45) is 4.99 Å². The van der Waals surface area contributed by atoms with E-state index in [1.54, 1.807) is 24.3 Å². The molecule has 28 heavy (non-hydrogen) atoms. The normalized spacial score (nSPS) is 14.9. The van der Waals surface area contributed by atoms with Gasteiger partial charge in [-0.15, -0.1) is 0 Å². The first-order chi connectivity index (χ1) is 13.6. The quantitative estimate of drug-likeness (QED) is 0.287. The van der Waals surface area contributed by atoms with Crippen LogP contribution in [0.5, 0.6) is 5.75 Å². The number of cyclic esters (lactones) is 1. The molecule has 1 heterocycles. The summed E-state index contributed by atoms with van der Waals surface area (Å²) >= 11 is 12.1. The Balaban J connectivity index is 1.79. The summed E-state index contributed by atoms with van der Waals surface area (Å²) in [5.41, 5.74) is 1.49. The monoisotopic (exact) mass is 417 g/mol. The molecule has 146 valence electrons. The number of carbonyl (C=O) groups is 1. The van der Waals surface area contributed by atoms with Gasteiger partial charge < -0.3 is 9.47 Å². The SMILES string of the molecule is CCCCCCOc1ccccc1/C=C1/N=C(c2ccc(Cl)cc2Cl)OC1=O. The third kappa shape index (κ3) is 5.15. The zero-order valence-electron chi connectivity index (χ0n) is 15.6. The van der Waals surface area contributed by atoms with Crippen molar-refractivity contribution in [3.63, 3.8) is 0 Å². The van der Waals surface area contributed by atoms with Gasteiger partial charge in [0.2, 0.25) is 5.90 Å². The predicted octanol–water partition coefficient (Wildman–Crippen LogP) is 6.30. The minimum Gasteiger partial charge on any atom is -0.493 e. The summed E-state index contributed by atoms with van der Waals surface area (Å²) < 4.78 is 11.2. The molecule has 0 atom stereocenters. The smallest absolute Gasteiger partial charge is 0.363 e. The van der Waals surface area contributed by atoms with Crippen LogP contribution < -0.4 is 4.74 Å². The van der Waals surface area contributed by atoms with Crippen molar-refractivity contribution in [3.05, 3.63) is 69.3 Å². The summed E-state index contributed by atoms with van der Waals surface area (Å²) in [6, 6.07) is 12.5. The van der Waals surface area contributed by atoms with E-state index in [4.69, 9.17) is 32.7 Å². The number of aliphatic imine (C=N–C) groups is 1. The molecule has 0 fully saturated rings. The van der Waals surface area contributed by atoms with Crippen LogP contribution >= 0.6 is 23.2 Å². The molecule has 2 aromatic rings. The second kappa shape index (κ2) is 9.76. The van der Waals surface area contributed by atoms with Crippen molar-refractivity contribution < 1.29 is 14.3 Å². The van der Waals surface area contributed by atoms with Gasteiger partial charge in [0.1, 0.15) is 5.75 Å². The molecule has 3 rings (SSSR count). The summed E-state index contributed by atoms with van der Waals surface area (Å²) in [6.45, 7) is 2.81. The Morgan fingerprint density at radius 1 is 1.11 bits per heavy atom. The molecule has 1 aliphatic heterocycles. The molecule has 0 aliphatic carbocycles.